The zero-order valence-electron chi connectivity index (χ0n) is 13.3. The lowest BCUT2D eigenvalue weighted by Crippen LogP contribution is -2.23. The zero-order chi connectivity index (χ0) is 16.9. The molecule has 0 aliphatic rings. The highest BCUT2D eigenvalue weighted by Crippen LogP contribution is 2.16. The minimum absolute atomic E-state index is 0.119. The summed E-state index contributed by atoms with van der Waals surface area (Å²) in [5, 5.41) is 12.9. The van der Waals surface area contributed by atoms with E-state index in [0.717, 1.165) is 11.0 Å². The Balaban J connectivity index is 1.55. The van der Waals surface area contributed by atoms with Gasteiger partial charge in [0.15, 0.2) is 0 Å². The van der Waals surface area contributed by atoms with Crippen molar-refractivity contribution in [3.05, 3.63) is 54.9 Å². The molecule has 2 aromatic carbocycles. The monoisotopic (exact) mass is 325 g/mol. The quantitative estimate of drug-likeness (QED) is 0.730. The Bertz CT molecular complexity index is 827. The molecule has 1 heterocycles. The van der Waals surface area contributed by atoms with Gasteiger partial charge in [0.2, 0.25) is 5.91 Å². The van der Waals surface area contributed by atoms with Crippen LogP contribution in [-0.4, -0.2) is 33.3 Å². The van der Waals surface area contributed by atoms with E-state index in [0.29, 0.717) is 18.0 Å². The van der Waals surface area contributed by atoms with Gasteiger partial charge < -0.3 is 19.7 Å². The Hall–Kier alpha value is -2.86. The molecule has 0 saturated carbocycles. The van der Waals surface area contributed by atoms with Crippen LogP contribution in [0, 0.1) is 0 Å². The number of fused-ring (bicyclic) bond motifs is 1. The molecule has 124 valence electrons. The number of aliphatic hydroxyl groups excluding tert-OH is 1. The number of aliphatic hydroxyl groups is 1. The van der Waals surface area contributed by atoms with E-state index >= 15 is 0 Å². The van der Waals surface area contributed by atoms with E-state index in [1.807, 2.05) is 28.8 Å². The lowest BCUT2D eigenvalue weighted by molar-refractivity contribution is -0.114. The fourth-order valence-corrected chi connectivity index (χ4v) is 2.47. The second kappa shape index (κ2) is 7.14. The van der Waals surface area contributed by atoms with Crippen LogP contribution >= 0.6 is 0 Å². The molecule has 0 unspecified atom stereocenters. The second-order valence-corrected chi connectivity index (χ2v) is 5.56. The number of amides is 1. The molecular formula is C18H19N3O3. The summed E-state index contributed by atoms with van der Waals surface area (Å²) in [5.41, 5.74) is 2.59. The van der Waals surface area contributed by atoms with Gasteiger partial charge in [-0.25, -0.2) is 4.98 Å². The van der Waals surface area contributed by atoms with Gasteiger partial charge in [-0.15, -0.1) is 0 Å². The molecule has 2 N–H and O–H groups in total. The number of nitrogens with zero attached hydrogens (tertiary/aromatic N) is 2. The predicted molar refractivity (Wildman–Crippen MR) is 92.0 cm³/mol. The van der Waals surface area contributed by atoms with Crippen molar-refractivity contribution in [2.75, 3.05) is 11.9 Å². The van der Waals surface area contributed by atoms with Crippen molar-refractivity contribution in [1.82, 2.24) is 9.55 Å². The van der Waals surface area contributed by atoms with Gasteiger partial charge in [-0.3, -0.25) is 4.79 Å². The number of anilines is 1. The van der Waals surface area contributed by atoms with Crippen LogP contribution in [0.15, 0.2) is 54.9 Å². The molecule has 1 amide bonds. The Morgan fingerprint density at radius 2 is 2.00 bits per heavy atom. The molecule has 0 bridgehead atoms. The number of nitrogens with one attached hydrogen (secondary N) is 1. The summed E-state index contributed by atoms with van der Waals surface area (Å²) in [6.07, 6.45) is 1.06. The fraction of sp³-hybridized carbons (Fsp3) is 0.222. The molecule has 3 rings (SSSR count). The highest BCUT2D eigenvalue weighted by Gasteiger charge is 2.09. The Morgan fingerprint density at radius 3 is 2.75 bits per heavy atom. The molecule has 6 heteroatoms. The van der Waals surface area contributed by atoms with E-state index in [2.05, 4.69) is 10.3 Å². The normalized spacial score (nSPS) is 12.1. The summed E-state index contributed by atoms with van der Waals surface area (Å²) >= 11 is 0. The molecular weight excluding hydrogens is 306 g/mol. The van der Waals surface area contributed by atoms with Crippen LogP contribution in [0.1, 0.15) is 6.92 Å². The molecule has 3 aromatic rings. The summed E-state index contributed by atoms with van der Waals surface area (Å²) in [7, 11) is 0. The number of imidazole rings is 1. The number of carbonyl (C=O) groups is 1. The van der Waals surface area contributed by atoms with Crippen LogP contribution < -0.4 is 10.1 Å². The van der Waals surface area contributed by atoms with Gasteiger partial charge in [-0.1, -0.05) is 12.1 Å². The van der Waals surface area contributed by atoms with Crippen LogP contribution in [0.4, 0.5) is 5.69 Å². The van der Waals surface area contributed by atoms with Crippen molar-refractivity contribution in [3.8, 4) is 5.75 Å². The standard InChI is InChI=1S/C18H19N3O3/c1-13(22)20-14-6-8-16(9-7-14)24-11-15(23)10-21-12-19-17-4-2-3-5-18(17)21/h2-9,12,15,23H,10-11H2,1H3,(H,20,22)/t15-/m0/s1. The van der Waals surface area contributed by atoms with Gasteiger partial charge >= 0.3 is 0 Å². The van der Waals surface area contributed by atoms with Crippen molar-refractivity contribution >= 4 is 22.6 Å². The third kappa shape index (κ3) is 3.91. The minimum Gasteiger partial charge on any atom is -0.491 e. The van der Waals surface area contributed by atoms with Crippen molar-refractivity contribution in [3.63, 3.8) is 0 Å². The first-order valence-electron chi connectivity index (χ1n) is 7.70. The van der Waals surface area contributed by atoms with Gasteiger partial charge in [0.1, 0.15) is 18.5 Å². The number of hydrogen-bond donors (Lipinski definition) is 2. The van der Waals surface area contributed by atoms with Crippen molar-refractivity contribution in [1.29, 1.82) is 0 Å². The first-order valence-corrected chi connectivity index (χ1v) is 7.70. The maximum Gasteiger partial charge on any atom is 0.221 e. The summed E-state index contributed by atoms with van der Waals surface area (Å²) in [4.78, 5) is 15.3. The molecule has 0 saturated heterocycles. The SMILES string of the molecule is CC(=O)Nc1ccc(OC[C@@H](O)Cn2cnc3ccccc32)cc1. The third-order valence-corrected chi connectivity index (χ3v) is 3.55. The summed E-state index contributed by atoms with van der Waals surface area (Å²) < 4.78 is 7.50. The molecule has 24 heavy (non-hydrogen) atoms. The zero-order valence-corrected chi connectivity index (χ0v) is 13.3. The van der Waals surface area contributed by atoms with Gasteiger partial charge in [0.25, 0.3) is 0 Å². The number of benzene rings is 2. The molecule has 1 atom stereocenters. The first-order chi connectivity index (χ1) is 11.6. The van der Waals surface area contributed by atoms with Crippen molar-refractivity contribution in [2.45, 2.75) is 19.6 Å². The number of hydrogen-bond acceptors (Lipinski definition) is 4. The van der Waals surface area contributed by atoms with Crippen LogP contribution in [-0.2, 0) is 11.3 Å². The Morgan fingerprint density at radius 1 is 1.25 bits per heavy atom. The molecule has 0 fully saturated rings. The maximum absolute atomic E-state index is 11.0. The van der Waals surface area contributed by atoms with Crippen LogP contribution in [0.5, 0.6) is 5.75 Å². The van der Waals surface area contributed by atoms with Crippen molar-refractivity contribution < 1.29 is 14.6 Å². The van der Waals surface area contributed by atoms with Crippen LogP contribution in [0.3, 0.4) is 0 Å². The van der Waals surface area contributed by atoms with E-state index in [-0.39, 0.29) is 12.5 Å². The van der Waals surface area contributed by atoms with Gasteiger partial charge in [-0.05, 0) is 36.4 Å². The number of aromatic nitrogens is 2. The van der Waals surface area contributed by atoms with Crippen molar-refractivity contribution in [2.24, 2.45) is 0 Å². The van der Waals surface area contributed by atoms with Crippen LogP contribution in [0.25, 0.3) is 11.0 Å². The highest BCUT2D eigenvalue weighted by molar-refractivity contribution is 5.88. The summed E-state index contributed by atoms with van der Waals surface area (Å²) in [6, 6.07) is 14.8. The highest BCUT2D eigenvalue weighted by atomic mass is 16.5. The largest absolute Gasteiger partial charge is 0.491 e. The van der Waals surface area contributed by atoms with Gasteiger partial charge in [0, 0.05) is 12.6 Å². The number of carbonyl (C=O) groups excluding carboxylic acids is 1. The predicted octanol–water partition coefficient (Wildman–Crippen LogP) is 2.43. The van der Waals surface area contributed by atoms with E-state index < -0.39 is 6.10 Å². The number of para-hydroxylation sites is 2. The average Bonchev–Trinajstić information content (AvgIpc) is 2.97. The number of ether oxygens (including phenoxy) is 1. The number of rotatable bonds is 6. The topological polar surface area (TPSA) is 76.4 Å². The molecule has 0 aliphatic carbocycles. The maximum atomic E-state index is 11.0. The summed E-state index contributed by atoms with van der Waals surface area (Å²) in [5.74, 6) is 0.519. The van der Waals surface area contributed by atoms with E-state index in [4.69, 9.17) is 4.74 Å². The Labute approximate surface area is 139 Å². The fourth-order valence-electron chi connectivity index (χ4n) is 2.47. The van der Waals surface area contributed by atoms with E-state index in [1.54, 1.807) is 30.6 Å². The molecule has 0 aliphatic heterocycles. The first kappa shape index (κ1) is 16.0. The molecule has 0 radical (unpaired) electrons. The molecule has 1 aromatic heterocycles. The van der Waals surface area contributed by atoms with Gasteiger partial charge in [-0.2, -0.15) is 0 Å². The third-order valence-electron chi connectivity index (χ3n) is 3.55. The van der Waals surface area contributed by atoms with E-state index in [9.17, 15) is 9.90 Å². The second-order valence-electron chi connectivity index (χ2n) is 5.56. The Kier molecular flexibility index (Phi) is 4.77. The summed E-state index contributed by atoms with van der Waals surface area (Å²) in [6.45, 7) is 2.04. The van der Waals surface area contributed by atoms with E-state index in [1.165, 1.54) is 6.92 Å². The molecule has 0 spiro atoms. The van der Waals surface area contributed by atoms with Gasteiger partial charge in [0.05, 0.1) is 23.9 Å². The lowest BCUT2D eigenvalue weighted by Gasteiger charge is -2.14. The lowest BCUT2D eigenvalue weighted by atomic mass is 10.3. The smallest absolute Gasteiger partial charge is 0.221 e. The molecule has 6 nitrogen and oxygen atoms in total. The van der Waals surface area contributed by atoms with Crippen LogP contribution in [0.2, 0.25) is 0 Å². The minimum atomic E-state index is -0.655. The average molecular weight is 325 g/mol.